The van der Waals surface area contributed by atoms with E-state index < -0.39 is 10.0 Å². The molecule has 0 spiro atoms. The number of amides is 1. The molecule has 1 N–H and O–H groups in total. The van der Waals surface area contributed by atoms with Gasteiger partial charge in [-0.1, -0.05) is 0 Å². The van der Waals surface area contributed by atoms with Gasteiger partial charge in [0.25, 0.3) is 11.5 Å². The molecule has 1 fully saturated rings. The third-order valence-electron chi connectivity index (χ3n) is 3.22. The SMILES string of the molecule is Cn1ccc(C(=O)NCCN2CCCS2(=O)=O)cc1=O. The fourth-order valence-electron chi connectivity index (χ4n) is 2.03. The molecule has 1 saturated heterocycles. The third-order valence-corrected chi connectivity index (χ3v) is 5.17. The monoisotopic (exact) mass is 299 g/mol. The standard InChI is InChI=1S/C12H17N3O4S/c1-14-6-3-10(9-11(14)16)12(17)13-4-7-15-5-2-8-20(15,18)19/h3,6,9H,2,4-5,7-8H2,1H3,(H,13,17). The topological polar surface area (TPSA) is 88.5 Å². The van der Waals surface area contributed by atoms with Crippen LogP contribution in [0.1, 0.15) is 16.8 Å². The maximum Gasteiger partial charge on any atom is 0.251 e. The number of carbonyl (C=O) groups is 1. The molecule has 0 unspecified atom stereocenters. The average Bonchev–Trinajstić information content (AvgIpc) is 2.72. The number of nitrogens with one attached hydrogen (secondary N) is 1. The van der Waals surface area contributed by atoms with E-state index in [2.05, 4.69) is 5.32 Å². The van der Waals surface area contributed by atoms with E-state index in [1.54, 1.807) is 13.1 Å². The minimum Gasteiger partial charge on any atom is -0.351 e. The Bertz CT molecular complexity index is 666. The number of rotatable bonds is 4. The molecule has 7 nitrogen and oxygen atoms in total. The first-order chi connectivity index (χ1) is 9.40. The van der Waals surface area contributed by atoms with E-state index in [9.17, 15) is 18.0 Å². The van der Waals surface area contributed by atoms with Gasteiger partial charge >= 0.3 is 0 Å². The quantitative estimate of drug-likeness (QED) is 0.784. The molecule has 0 radical (unpaired) electrons. The highest BCUT2D eigenvalue weighted by molar-refractivity contribution is 7.89. The van der Waals surface area contributed by atoms with Crippen LogP contribution in [0.15, 0.2) is 23.1 Å². The molecular formula is C12H17N3O4S. The molecule has 1 aromatic rings. The van der Waals surface area contributed by atoms with E-state index in [0.29, 0.717) is 13.0 Å². The summed E-state index contributed by atoms with van der Waals surface area (Å²) in [4.78, 5) is 23.2. The summed E-state index contributed by atoms with van der Waals surface area (Å²) in [7, 11) is -1.53. The van der Waals surface area contributed by atoms with Crippen molar-refractivity contribution in [3.8, 4) is 0 Å². The molecule has 20 heavy (non-hydrogen) atoms. The average molecular weight is 299 g/mol. The van der Waals surface area contributed by atoms with Gasteiger partial charge in [0.2, 0.25) is 10.0 Å². The first-order valence-electron chi connectivity index (χ1n) is 6.33. The maximum absolute atomic E-state index is 11.8. The summed E-state index contributed by atoms with van der Waals surface area (Å²) in [6.07, 6.45) is 2.15. The summed E-state index contributed by atoms with van der Waals surface area (Å²) in [5.41, 5.74) is 0.0112. The number of sulfonamides is 1. The molecule has 0 bridgehead atoms. The second kappa shape index (κ2) is 5.76. The van der Waals surface area contributed by atoms with Crippen LogP contribution >= 0.6 is 0 Å². The lowest BCUT2D eigenvalue weighted by molar-refractivity contribution is 0.0951. The van der Waals surface area contributed by atoms with Crippen LogP contribution in [0.3, 0.4) is 0 Å². The molecule has 1 amide bonds. The van der Waals surface area contributed by atoms with Crippen LogP contribution in [0, 0.1) is 0 Å². The van der Waals surface area contributed by atoms with Gasteiger partial charge in [0.05, 0.1) is 5.75 Å². The van der Waals surface area contributed by atoms with Crippen molar-refractivity contribution in [2.24, 2.45) is 7.05 Å². The third kappa shape index (κ3) is 3.26. The summed E-state index contributed by atoms with van der Waals surface area (Å²) in [6.45, 7) is 0.996. The number of aromatic nitrogens is 1. The largest absolute Gasteiger partial charge is 0.351 e. The van der Waals surface area contributed by atoms with E-state index in [0.717, 1.165) is 0 Å². The van der Waals surface area contributed by atoms with Gasteiger partial charge in [0.15, 0.2) is 0 Å². The van der Waals surface area contributed by atoms with Crippen molar-refractivity contribution < 1.29 is 13.2 Å². The Labute approximate surface area is 117 Å². The zero-order valence-corrected chi connectivity index (χ0v) is 12.0. The molecular weight excluding hydrogens is 282 g/mol. The molecule has 1 aliphatic rings. The minimum absolute atomic E-state index is 0.176. The zero-order valence-electron chi connectivity index (χ0n) is 11.2. The highest BCUT2D eigenvalue weighted by Gasteiger charge is 2.27. The van der Waals surface area contributed by atoms with Crippen LogP contribution in [0.5, 0.6) is 0 Å². The van der Waals surface area contributed by atoms with E-state index in [-0.39, 0.29) is 35.9 Å². The molecule has 1 aliphatic heterocycles. The Morgan fingerprint density at radius 2 is 2.20 bits per heavy atom. The van der Waals surface area contributed by atoms with E-state index >= 15 is 0 Å². The zero-order chi connectivity index (χ0) is 14.8. The fourth-order valence-corrected chi connectivity index (χ4v) is 3.56. The van der Waals surface area contributed by atoms with E-state index in [1.807, 2.05) is 0 Å². The van der Waals surface area contributed by atoms with Gasteiger partial charge in [-0.05, 0) is 12.5 Å². The normalized spacial score (nSPS) is 18.1. The van der Waals surface area contributed by atoms with E-state index in [4.69, 9.17) is 0 Å². The summed E-state index contributed by atoms with van der Waals surface area (Å²) in [5, 5.41) is 2.62. The van der Waals surface area contributed by atoms with Crippen LogP contribution in [0.2, 0.25) is 0 Å². The molecule has 0 aromatic carbocycles. The summed E-state index contributed by atoms with van der Waals surface area (Å²) >= 11 is 0. The number of hydrogen-bond donors (Lipinski definition) is 1. The predicted molar refractivity (Wildman–Crippen MR) is 74.0 cm³/mol. The van der Waals surface area contributed by atoms with Crippen molar-refractivity contribution in [3.05, 3.63) is 34.2 Å². The predicted octanol–water partition coefficient (Wildman–Crippen LogP) is -0.849. The van der Waals surface area contributed by atoms with Gasteiger partial charge in [-0.3, -0.25) is 9.59 Å². The van der Waals surface area contributed by atoms with Crippen molar-refractivity contribution in [2.45, 2.75) is 6.42 Å². The molecule has 2 heterocycles. The second-order valence-electron chi connectivity index (χ2n) is 4.69. The van der Waals surface area contributed by atoms with Crippen LogP contribution in [0.25, 0.3) is 0 Å². The van der Waals surface area contributed by atoms with Gasteiger partial charge in [0, 0.05) is 44.5 Å². The van der Waals surface area contributed by atoms with Gasteiger partial charge < -0.3 is 9.88 Å². The molecule has 8 heteroatoms. The molecule has 0 aliphatic carbocycles. The maximum atomic E-state index is 11.8. The van der Waals surface area contributed by atoms with Crippen molar-refractivity contribution >= 4 is 15.9 Å². The Kier molecular flexibility index (Phi) is 4.24. The highest BCUT2D eigenvalue weighted by atomic mass is 32.2. The first kappa shape index (κ1) is 14.7. The lowest BCUT2D eigenvalue weighted by Gasteiger charge is -2.14. The smallest absolute Gasteiger partial charge is 0.251 e. The summed E-state index contributed by atoms with van der Waals surface area (Å²) in [6, 6.07) is 2.80. The number of carbonyl (C=O) groups excluding carboxylic acids is 1. The summed E-state index contributed by atoms with van der Waals surface area (Å²) < 4.78 is 25.9. The van der Waals surface area contributed by atoms with Crippen LogP contribution in [-0.2, 0) is 17.1 Å². The number of hydrogen-bond acceptors (Lipinski definition) is 4. The van der Waals surface area contributed by atoms with Gasteiger partial charge in [0.1, 0.15) is 0 Å². The molecule has 110 valence electrons. The molecule has 0 saturated carbocycles. The van der Waals surface area contributed by atoms with Crippen molar-refractivity contribution in [3.63, 3.8) is 0 Å². The Balaban J connectivity index is 1.89. The molecule has 1 aromatic heterocycles. The van der Waals surface area contributed by atoms with Crippen LogP contribution in [0.4, 0.5) is 0 Å². The minimum atomic E-state index is -3.13. The number of nitrogens with zero attached hydrogens (tertiary/aromatic N) is 2. The van der Waals surface area contributed by atoms with Crippen LogP contribution in [-0.4, -0.2) is 48.6 Å². The Morgan fingerprint density at radius 1 is 1.45 bits per heavy atom. The lowest BCUT2D eigenvalue weighted by Crippen LogP contribution is -2.36. The highest BCUT2D eigenvalue weighted by Crippen LogP contribution is 2.11. The Hall–Kier alpha value is -1.67. The van der Waals surface area contributed by atoms with Crippen LogP contribution < -0.4 is 10.9 Å². The first-order valence-corrected chi connectivity index (χ1v) is 7.94. The Morgan fingerprint density at radius 3 is 2.80 bits per heavy atom. The summed E-state index contributed by atoms with van der Waals surface area (Å²) in [5.74, 6) is -0.199. The van der Waals surface area contributed by atoms with Crippen molar-refractivity contribution in [1.29, 1.82) is 0 Å². The van der Waals surface area contributed by atoms with Gasteiger partial charge in [-0.25, -0.2) is 12.7 Å². The lowest BCUT2D eigenvalue weighted by atomic mass is 10.2. The number of aryl methyl sites for hydroxylation is 1. The van der Waals surface area contributed by atoms with Gasteiger partial charge in [-0.15, -0.1) is 0 Å². The number of pyridine rings is 1. The fraction of sp³-hybridized carbons (Fsp3) is 0.500. The second-order valence-corrected chi connectivity index (χ2v) is 6.78. The van der Waals surface area contributed by atoms with Crippen molar-refractivity contribution in [1.82, 2.24) is 14.2 Å². The van der Waals surface area contributed by atoms with Gasteiger partial charge in [-0.2, -0.15) is 0 Å². The van der Waals surface area contributed by atoms with Crippen molar-refractivity contribution in [2.75, 3.05) is 25.4 Å². The molecule has 0 atom stereocenters. The molecule has 2 rings (SSSR count). The van der Waals surface area contributed by atoms with E-state index in [1.165, 1.54) is 21.1 Å².